The van der Waals surface area contributed by atoms with Crippen LogP contribution in [0, 0.1) is 26.7 Å². The zero-order chi connectivity index (χ0) is 19.6. The molecule has 1 aromatic heterocycles. The Morgan fingerprint density at radius 1 is 1.19 bits per heavy atom. The van der Waals surface area contributed by atoms with Gasteiger partial charge in [0.15, 0.2) is 0 Å². The van der Waals surface area contributed by atoms with Crippen LogP contribution in [0.1, 0.15) is 40.9 Å². The monoisotopic (exact) mass is 369 g/mol. The summed E-state index contributed by atoms with van der Waals surface area (Å²) in [7, 11) is 0. The summed E-state index contributed by atoms with van der Waals surface area (Å²) in [5, 5.41) is 13.7. The first kappa shape index (κ1) is 19.1. The van der Waals surface area contributed by atoms with E-state index in [1.165, 1.54) is 11.1 Å². The van der Waals surface area contributed by atoms with E-state index in [0.29, 0.717) is 38.9 Å². The smallest absolute Gasteiger partial charge is 0.308 e. The van der Waals surface area contributed by atoms with Crippen LogP contribution in [0.5, 0.6) is 0 Å². The number of likely N-dealkylation sites (tertiary alicyclic amines) is 1. The van der Waals surface area contributed by atoms with Crippen LogP contribution < -0.4 is 0 Å². The van der Waals surface area contributed by atoms with Gasteiger partial charge in [-0.05, 0) is 44.7 Å². The lowest BCUT2D eigenvalue weighted by Crippen LogP contribution is -2.30. The van der Waals surface area contributed by atoms with Gasteiger partial charge in [0.05, 0.1) is 18.2 Å². The highest BCUT2D eigenvalue weighted by atomic mass is 16.4. The SMILES string of the molecule is Cc1ccc(Cn2nc(C)c(CCC(=O)N3CC[C@H](C(=O)O)C3)c2C)cc1. The minimum Gasteiger partial charge on any atom is -0.481 e. The molecule has 1 aromatic carbocycles. The Bertz CT molecular complexity index is 839. The second-order valence-electron chi connectivity index (χ2n) is 7.46. The van der Waals surface area contributed by atoms with Crippen molar-refractivity contribution in [2.24, 2.45) is 5.92 Å². The maximum absolute atomic E-state index is 12.4. The third kappa shape index (κ3) is 4.38. The minimum absolute atomic E-state index is 0.0313. The highest BCUT2D eigenvalue weighted by molar-refractivity contribution is 5.79. The van der Waals surface area contributed by atoms with Crippen molar-refractivity contribution in [1.82, 2.24) is 14.7 Å². The zero-order valence-corrected chi connectivity index (χ0v) is 16.2. The summed E-state index contributed by atoms with van der Waals surface area (Å²) in [6, 6.07) is 8.42. The zero-order valence-electron chi connectivity index (χ0n) is 16.2. The van der Waals surface area contributed by atoms with Crippen LogP contribution in [-0.4, -0.2) is 44.8 Å². The minimum atomic E-state index is -0.811. The van der Waals surface area contributed by atoms with Gasteiger partial charge in [0, 0.05) is 25.2 Å². The first-order valence-electron chi connectivity index (χ1n) is 9.44. The second kappa shape index (κ2) is 7.94. The Morgan fingerprint density at radius 2 is 1.89 bits per heavy atom. The Morgan fingerprint density at radius 3 is 2.52 bits per heavy atom. The number of hydrogen-bond acceptors (Lipinski definition) is 3. The average Bonchev–Trinajstić information content (AvgIpc) is 3.22. The number of hydrogen-bond donors (Lipinski definition) is 1. The number of carboxylic acids is 1. The van der Waals surface area contributed by atoms with Crippen molar-refractivity contribution in [3.63, 3.8) is 0 Å². The third-order valence-electron chi connectivity index (χ3n) is 5.46. The van der Waals surface area contributed by atoms with Crippen LogP contribution in [0.25, 0.3) is 0 Å². The lowest BCUT2D eigenvalue weighted by atomic mass is 10.1. The van der Waals surface area contributed by atoms with Crippen molar-refractivity contribution in [2.75, 3.05) is 13.1 Å². The fourth-order valence-electron chi connectivity index (χ4n) is 3.69. The van der Waals surface area contributed by atoms with Crippen LogP contribution >= 0.6 is 0 Å². The summed E-state index contributed by atoms with van der Waals surface area (Å²) in [5.41, 5.74) is 5.59. The molecule has 1 N–H and O–H groups in total. The van der Waals surface area contributed by atoms with Gasteiger partial charge in [-0.1, -0.05) is 29.8 Å². The number of nitrogens with zero attached hydrogens (tertiary/aromatic N) is 3. The molecule has 0 aliphatic carbocycles. The number of aliphatic carboxylic acids is 1. The van der Waals surface area contributed by atoms with Gasteiger partial charge in [-0.3, -0.25) is 14.3 Å². The van der Waals surface area contributed by atoms with Crippen LogP contribution in [0.3, 0.4) is 0 Å². The fraction of sp³-hybridized carbons (Fsp3) is 0.476. The molecule has 0 radical (unpaired) electrons. The lowest BCUT2D eigenvalue weighted by molar-refractivity contribution is -0.141. The molecule has 0 saturated carbocycles. The average molecular weight is 369 g/mol. The van der Waals surface area contributed by atoms with E-state index in [0.717, 1.165) is 17.0 Å². The van der Waals surface area contributed by atoms with Crippen LogP contribution in [0.15, 0.2) is 24.3 Å². The van der Waals surface area contributed by atoms with E-state index >= 15 is 0 Å². The van der Waals surface area contributed by atoms with Gasteiger partial charge in [0.1, 0.15) is 0 Å². The van der Waals surface area contributed by atoms with Gasteiger partial charge < -0.3 is 10.0 Å². The number of carbonyl (C=O) groups is 2. The number of benzene rings is 1. The number of carboxylic acid groups (broad SMARTS) is 1. The van der Waals surface area contributed by atoms with Gasteiger partial charge in [-0.15, -0.1) is 0 Å². The molecule has 6 heteroatoms. The highest BCUT2D eigenvalue weighted by Gasteiger charge is 2.30. The first-order chi connectivity index (χ1) is 12.8. The van der Waals surface area contributed by atoms with E-state index in [9.17, 15) is 9.59 Å². The summed E-state index contributed by atoms with van der Waals surface area (Å²) in [6.45, 7) is 7.69. The summed E-state index contributed by atoms with van der Waals surface area (Å²) in [5.74, 6) is -1.20. The second-order valence-corrected chi connectivity index (χ2v) is 7.46. The van der Waals surface area contributed by atoms with Crippen molar-refractivity contribution in [2.45, 2.75) is 46.6 Å². The summed E-state index contributed by atoms with van der Waals surface area (Å²) in [4.78, 5) is 25.2. The Balaban J connectivity index is 1.62. The quantitative estimate of drug-likeness (QED) is 0.849. The fourth-order valence-corrected chi connectivity index (χ4v) is 3.69. The lowest BCUT2D eigenvalue weighted by Gasteiger charge is -2.15. The number of aryl methyl sites for hydroxylation is 2. The van der Waals surface area contributed by atoms with Crippen molar-refractivity contribution in [3.05, 3.63) is 52.3 Å². The van der Waals surface area contributed by atoms with Crippen molar-refractivity contribution in [3.8, 4) is 0 Å². The molecule has 0 unspecified atom stereocenters. The molecular weight excluding hydrogens is 342 g/mol. The van der Waals surface area contributed by atoms with E-state index in [1.807, 2.05) is 18.5 Å². The van der Waals surface area contributed by atoms with Crippen molar-refractivity contribution in [1.29, 1.82) is 0 Å². The number of carbonyl (C=O) groups excluding carboxylic acids is 1. The van der Waals surface area contributed by atoms with Crippen LogP contribution in [0.4, 0.5) is 0 Å². The van der Waals surface area contributed by atoms with E-state index < -0.39 is 11.9 Å². The molecule has 1 aliphatic heterocycles. The van der Waals surface area contributed by atoms with Gasteiger partial charge in [0.2, 0.25) is 5.91 Å². The maximum Gasteiger partial charge on any atom is 0.308 e. The van der Waals surface area contributed by atoms with Gasteiger partial charge >= 0.3 is 5.97 Å². The molecule has 1 aliphatic rings. The maximum atomic E-state index is 12.4. The number of aromatic nitrogens is 2. The highest BCUT2D eigenvalue weighted by Crippen LogP contribution is 2.20. The number of rotatable bonds is 6. The van der Waals surface area contributed by atoms with Gasteiger partial charge in [-0.25, -0.2) is 0 Å². The molecule has 1 saturated heterocycles. The standard InChI is InChI=1S/C21H27N3O3/c1-14-4-6-17(7-5-14)12-24-16(3)19(15(2)22-24)8-9-20(25)23-11-10-18(13-23)21(26)27/h4-7,18H,8-13H2,1-3H3,(H,26,27)/t18-/m0/s1. The van der Waals surface area contributed by atoms with Crippen molar-refractivity contribution >= 4 is 11.9 Å². The van der Waals surface area contributed by atoms with E-state index in [-0.39, 0.29) is 5.91 Å². The largest absolute Gasteiger partial charge is 0.481 e. The molecule has 27 heavy (non-hydrogen) atoms. The molecule has 6 nitrogen and oxygen atoms in total. The molecule has 1 atom stereocenters. The summed E-state index contributed by atoms with van der Waals surface area (Å²) in [6.07, 6.45) is 1.58. The van der Waals surface area contributed by atoms with Crippen LogP contribution in [-0.2, 0) is 22.6 Å². The Labute approximate surface area is 159 Å². The summed E-state index contributed by atoms with van der Waals surface area (Å²) >= 11 is 0. The molecule has 1 fully saturated rings. The topological polar surface area (TPSA) is 75.4 Å². The molecular formula is C21H27N3O3. The van der Waals surface area contributed by atoms with E-state index in [1.54, 1.807) is 4.90 Å². The normalized spacial score (nSPS) is 16.7. The van der Waals surface area contributed by atoms with Crippen LogP contribution in [0.2, 0.25) is 0 Å². The molecule has 0 bridgehead atoms. The molecule has 3 rings (SSSR count). The van der Waals surface area contributed by atoms with E-state index in [4.69, 9.17) is 5.11 Å². The Kier molecular flexibility index (Phi) is 5.63. The predicted octanol–water partition coefficient (Wildman–Crippen LogP) is 2.72. The molecule has 0 spiro atoms. The van der Waals surface area contributed by atoms with Crippen molar-refractivity contribution < 1.29 is 14.7 Å². The number of amides is 1. The summed E-state index contributed by atoms with van der Waals surface area (Å²) < 4.78 is 2.00. The van der Waals surface area contributed by atoms with Gasteiger partial charge in [-0.2, -0.15) is 5.10 Å². The molecule has 144 valence electrons. The molecule has 2 aromatic rings. The van der Waals surface area contributed by atoms with Gasteiger partial charge in [0.25, 0.3) is 0 Å². The Hall–Kier alpha value is -2.63. The predicted molar refractivity (Wildman–Crippen MR) is 103 cm³/mol. The van der Waals surface area contributed by atoms with E-state index in [2.05, 4.69) is 36.3 Å². The molecule has 2 heterocycles. The molecule has 1 amide bonds. The third-order valence-corrected chi connectivity index (χ3v) is 5.46. The first-order valence-corrected chi connectivity index (χ1v) is 9.44.